The first-order valence-corrected chi connectivity index (χ1v) is 14.1. The van der Waals surface area contributed by atoms with E-state index in [-0.39, 0.29) is 36.4 Å². The van der Waals surface area contributed by atoms with Gasteiger partial charge in [0.2, 0.25) is 10.0 Å². The molecule has 0 amide bonds. The van der Waals surface area contributed by atoms with E-state index in [0.717, 1.165) is 22.8 Å². The van der Waals surface area contributed by atoms with Crippen LogP contribution in [0.1, 0.15) is 22.8 Å². The second kappa shape index (κ2) is 12.7. The van der Waals surface area contributed by atoms with E-state index in [9.17, 15) is 23.6 Å². The maximum absolute atomic E-state index is 13.1. The molecule has 1 aliphatic rings. The lowest BCUT2D eigenvalue weighted by Crippen LogP contribution is -2.50. The number of rotatable bonds is 11. The fourth-order valence-corrected chi connectivity index (χ4v) is 6.03. The minimum atomic E-state index is -3.92. The standard InChI is InChI=1S/C28H33N3O7S/c1-21-8-10-23(11-9-21)28(22-6-4-3-5-7-22)38-20-24(32)19-29-14-16-30(17-15-29)39(35,36)25-12-13-27(37-2)26(18-25)31(33)34/h3-13,18,24,28,32H,14-17,19-20H2,1-2H3. The second-order valence-corrected chi connectivity index (χ2v) is 11.4. The van der Waals surface area contributed by atoms with E-state index in [0.29, 0.717) is 19.6 Å². The molecular formula is C28H33N3O7S. The van der Waals surface area contributed by atoms with Crippen LogP contribution in [0, 0.1) is 17.0 Å². The molecule has 39 heavy (non-hydrogen) atoms. The summed E-state index contributed by atoms with van der Waals surface area (Å²) in [6.07, 6.45) is -1.09. The molecule has 0 aromatic heterocycles. The molecule has 0 spiro atoms. The molecule has 0 bridgehead atoms. The Morgan fingerprint density at radius 3 is 2.23 bits per heavy atom. The van der Waals surface area contributed by atoms with Gasteiger partial charge < -0.3 is 14.6 Å². The molecule has 3 aromatic rings. The highest BCUT2D eigenvalue weighted by Crippen LogP contribution is 2.31. The van der Waals surface area contributed by atoms with Crippen LogP contribution in [0.3, 0.4) is 0 Å². The van der Waals surface area contributed by atoms with Crippen LogP contribution in [0.2, 0.25) is 0 Å². The van der Waals surface area contributed by atoms with Gasteiger partial charge in [0, 0.05) is 38.8 Å². The number of hydrogen-bond donors (Lipinski definition) is 1. The zero-order valence-electron chi connectivity index (χ0n) is 22.0. The lowest BCUT2D eigenvalue weighted by atomic mass is 10.0. The van der Waals surface area contributed by atoms with Crippen molar-refractivity contribution < 1.29 is 27.9 Å². The molecule has 1 heterocycles. The largest absolute Gasteiger partial charge is 0.490 e. The van der Waals surface area contributed by atoms with E-state index in [1.54, 1.807) is 0 Å². The summed E-state index contributed by atoms with van der Waals surface area (Å²) in [7, 11) is -2.63. The number of hydrogen-bond acceptors (Lipinski definition) is 8. The Bertz CT molecular complexity index is 1360. The molecule has 2 unspecified atom stereocenters. The Morgan fingerprint density at radius 1 is 0.974 bits per heavy atom. The first-order chi connectivity index (χ1) is 18.7. The summed E-state index contributed by atoms with van der Waals surface area (Å²) < 4.78 is 38.7. The molecule has 2 atom stereocenters. The van der Waals surface area contributed by atoms with Crippen LogP contribution in [0.25, 0.3) is 0 Å². The number of nitro groups is 1. The predicted molar refractivity (Wildman–Crippen MR) is 146 cm³/mol. The third kappa shape index (κ3) is 7.00. The second-order valence-electron chi connectivity index (χ2n) is 9.48. The Kier molecular flexibility index (Phi) is 9.31. The SMILES string of the molecule is COc1ccc(S(=O)(=O)N2CCN(CC(O)COC(c3ccccc3)c3ccc(C)cc3)CC2)cc1[N+](=O)[O-]. The first-order valence-electron chi connectivity index (χ1n) is 12.6. The van der Waals surface area contributed by atoms with Crippen LogP contribution in [0.15, 0.2) is 77.7 Å². The number of β-amino-alcohol motifs (C(OH)–C–C–N with tert-alkyl or cyclic N) is 1. The number of benzene rings is 3. The van der Waals surface area contributed by atoms with Crippen molar-refractivity contribution in [1.29, 1.82) is 0 Å². The van der Waals surface area contributed by atoms with Crippen molar-refractivity contribution in [1.82, 2.24) is 9.21 Å². The van der Waals surface area contributed by atoms with Gasteiger partial charge in [-0.15, -0.1) is 0 Å². The van der Waals surface area contributed by atoms with E-state index in [1.165, 1.54) is 23.5 Å². The third-order valence-electron chi connectivity index (χ3n) is 6.72. The number of ether oxygens (including phenoxy) is 2. The Balaban J connectivity index is 1.34. The molecule has 0 aliphatic carbocycles. The molecule has 0 saturated carbocycles. The minimum Gasteiger partial charge on any atom is -0.490 e. The van der Waals surface area contributed by atoms with Gasteiger partial charge in [-0.25, -0.2) is 8.42 Å². The van der Waals surface area contributed by atoms with Crippen LogP contribution in [0.4, 0.5) is 5.69 Å². The average molecular weight is 556 g/mol. The first kappa shape index (κ1) is 28.7. The van der Waals surface area contributed by atoms with Crippen molar-refractivity contribution in [3.8, 4) is 5.75 Å². The highest BCUT2D eigenvalue weighted by Gasteiger charge is 2.31. The van der Waals surface area contributed by atoms with E-state index in [1.807, 2.05) is 66.4 Å². The number of nitrogens with zero attached hydrogens (tertiary/aromatic N) is 3. The van der Waals surface area contributed by atoms with Gasteiger partial charge >= 0.3 is 5.69 Å². The summed E-state index contributed by atoms with van der Waals surface area (Å²) in [4.78, 5) is 12.5. The van der Waals surface area contributed by atoms with Gasteiger partial charge in [-0.05, 0) is 30.2 Å². The Labute approximate surface area is 228 Å². The van der Waals surface area contributed by atoms with Gasteiger partial charge in [0.15, 0.2) is 5.75 Å². The molecule has 11 heteroatoms. The van der Waals surface area contributed by atoms with Crippen molar-refractivity contribution in [2.75, 3.05) is 46.4 Å². The highest BCUT2D eigenvalue weighted by molar-refractivity contribution is 7.89. The number of aliphatic hydroxyl groups excluding tert-OH is 1. The fraction of sp³-hybridized carbons (Fsp3) is 0.357. The van der Waals surface area contributed by atoms with Gasteiger partial charge in [-0.3, -0.25) is 15.0 Å². The number of aliphatic hydroxyl groups is 1. The summed E-state index contributed by atoms with van der Waals surface area (Å²) in [5, 5.41) is 22.1. The lowest BCUT2D eigenvalue weighted by Gasteiger charge is -2.35. The van der Waals surface area contributed by atoms with Gasteiger partial charge in [0.05, 0.1) is 29.6 Å². The highest BCUT2D eigenvalue weighted by atomic mass is 32.2. The van der Waals surface area contributed by atoms with Gasteiger partial charge in [-0.2, -0.15) is 4.31 Å². The molecule has 3 aromatic carbocycles. The van der Waals surface area contributed by atoms with E-state index in [2.05, 4.69) is 0 Å². The third-order valence-corrected chi connectivity index (χ3v) is 8.62. The quantitative estimate of drug-likeness (QED) is 0.282. The smallest absolute Gasteiger partial charge is 0.312 e. The summed E-state index contributed by atoms with van der Waals surface area (Å²) in [5.74, 6) is -0.00291. The molecule has 1 aliphatic heterocycles. The molecule has 1 saturated heterocycles. The summed E-state index contributed by atoms with van der Waals surface area (Å²) in [6.45, 7) is 3.69. The Hall–Kier alpha value is -3.35. The van der Waals surface area contributed by atoms with Crippen LogP contribution < -0.4 is 4.74 Å². The number of aryl methyl sites for hydroxylation is 1. The van der Waals surface area contributed by atoms with Crippen molar-refractivity contribution in [3.63, 3.8) is 0 Å². The number of piperazine rings is 1. The van der Waals surface area contributed by atoms with Crippen LogP contribution >= 0.6 is 0 Å². The van der Waals surface area contributed by atoms with Crippen LogP contribution in [-0.4, -0.2) is 80.2 Å². The van der Waals surface area contributed by atoms with Crippen molar-refractivity contribution in [3.05, 3.63) is 99.6 Å². The van der Waals surface area contributed by atoms with Crippen molar-refractivity contribution in [2.45, 2.75) is 24.0 Å². The van der Waals surface area contributed by atoms with Crippen LogP contribution in [-0.2, 0) is 14.8 Å². The molecular weight excluding hydrogens is 522 g/mol. The zero-order valence-corrected chi connectivity index (χ0v) is 22.8. The molecule has 208 valence electrons. The number of nitro benzene ring substituents is 1. The van der Waals surface area contributed by atoms with E-state index < -0.39 is 26.7 Å². The van der Waals surface area contributed by atoms with E-state index in [4.69, 9.17) is 9.47 Å². The summed E-state index contributed by atoms with van der Waals surface area (Å²) in [6, 6.07) is 21.6. The molecule has 10 nitrogen and oxygen atoms in total. The van der Waals surface area contributed by atoms with E-state index >= 15 is 0 Å². The monoisotopic (exact) mass is 555 g/mol. The average Bonchev–Trinajstić information content (AvgIpc) is 2.94. The predicted octanol–water partition coefficient (Wildman–Crippen LogP) is 3.39. The summed E-state index contributed by atoms with van der Waals surface area (Å²) in [5.41, 5.74) is 2.74. The molecule has 1 N–H and O–H groups in total. The fourth-order valence-electron chi connectivity index (χ4n) is 4.59. The van der Waals surface area contributed by atoms with Gasteiger partial charge in [0.25, 0.3) is 0 Å². The van der Waals surface area contributed by atoms with Gasteiger partial charge in [0.1, 0.15) is 6.10 Å². The van der Waals surface area contributed by atoms with Gasteiger partial charge in [-0.1, -0.05) is 60.2 Å². The molecule has 1 fully saturated rings. The molecule has 4 rings (SSSR count). The maximum atomic E-state index is 13.1. The topological polar surface area (TPSA) is 122 Å². The summed E-state index contributed by atoms with van der Waals surface area (Å²) >= 11 is 0. The minimum absolute atomic E-state index is 0.00291. The molecule has 0 radical (unpaired) electrons. The maximum Gasteiger partial charge on any atom is 0.312 e. The Morgan fingerprint density at radius 2 is 1.62 bits per heavy atom. The number of sulfonamides is 1. The number of methoxy groups -OCH3 is 1. The van der Waals surface area contributed by atoms with Crippen LogP contribution in [0.5, 0.6) is 5.75 Å². The van der Waals surface area contributed by atoms with Crippen molar-refractivity contribution in [2.24, 2.45) is 0 Å². The van der Waals surface area contributed by atoms with Crippen molar-refractivity contribution >= 4 is 15.7 Å². The normalized spacial score (nSPS) is 16.5. The zero-order chi connectivity index (χ0) is 28.0. The lowest BCUT2D eigenvalue weighted by molar-refractivity contribution is -0.386.